The number of nitrogens with one attached hydrogen (secondary N) is 2. The van der Waals surface area contributed by atoms with Crippen LogP contribution in [-0.2, 0) is 4.79 Å². The molecule has 0 aliphatic heterocycles. The molecule has 1 atom stereocenters. The molecule has 0 fully saturated rings. The van der Waals surface area contributed by atoms with Crippen LogP contribution in [0.5, 0.6) is 0 Å². The quantitative estimate of drug-likeness (QED) is 0.393. The Balaban J connectivity index is 2.13. The first kappa shape index (κ1) is 23.1. The van der Waals surface area contributed by atoms with Gasteiger partial charge in [0.25, 0.3) is 5.91 Å². The summed E-state index contributed by atoms with van der Waals surface area (Å²) < 4.78 is 0. The van der Waals surface area contributed by atoms with Crippen molar-refractivity contribution >= 4 is 40.3 Å². The summed E-state index contributed by atoms with van der Waals surface area (Å²) in [5.74, 6) is -1.23. The second kappa shape index (κ2) is 10.6. The summed E-state index contributed by atoms with van der Waals surface area (Å²) >= 11 is 1.20. The van der Waals surface area contributed by atoms with Gasteiger partial charge in [-0.05, 0) is 35.6 Å². The zero-order chi connectivity index (χ0) is 22.3. The van der Waals surface area contributed by atoms with Gasteiger partial charge in [-0.3, -0.25) is 14.9 Å². The molecule has 2 aromatic rings. The van der Waals surface area contributed by atoms with Crippen molar-refractivity contribution in [2.45, 2.75) is 26.3 Å². The maximum Gasteiger partial charge on any atom is 0.320 e. The van der Waals surface area contributed by atoms with Crippen LogP contribution >= 0.6 is 11.3 Å². The van der Waals surface area contributed by atoms with E-state index in [4.69, 9.17) is 11.5 Å². The molecule has 3 amide bonds. The number of hydrogen-bond acceptors (Lipinski definition) is 5. The molecule has 0 aliphatic rings. The highest BCUT2D eigenvalue weighted by molar-refractivity contribution is 7.20. The number of hydrogen-bond donors (Lipinski definition) is 5. The summed E-state index contributed by atoms with van der Waals surface area (Å²) in [5, 5.41) is 15.0. The van der Waals surface area contributed by atoms with Crippen LogP contribution in [0.25, 0.3) is 16.5 Å². The second-order valence-electron chi connectivity index (χ2n) is 7.16. The Kier molecular flexibility index (Phi) is 8.14. The molecule has 8 nitrogen and oxygen atoms in total. The van der Waals surface area contributed by atoms with Gasteiger partial charge in [-0.25, -0.2) is 4.79 Å². The molecule has 0 saturated heterocycles. The summed E-state index contributed by atoms with van der Waals surface area (Å²) in [6, 6.07) is 7.84. The number of benzene rings is 1. The molecule has 0 bridgehead atoms. The molecule has 0 radical (unpaired) electrons. The molecule has 2 rings (SSSR count). The molecule has 9 heteroatoms. The van der Waals surface area contributed by atoms with Crippen molar-refractivity contribution in [3.8, 4) is 10.4 Å². The van der Waals surface area contributed by atoms with E-state index in [0.717, 1.165) is 16.0 Å². The van der Waals surface area contributed by atoms with Gasteiger partial charge in [-0.2, -0.15) is 0 Å². The number of urea groups is 1. The van der Waals surface area contributed by atoms with Crippen LogP contribution < -0.4 is 22.1 Å². The summed E-state index contributed by atoms with van der Waals surface area (Å²) in [6.45, 7) is 4.39. The number of thiophene rings is 1. The van der Waals surface area contributed by atoms with Crippen molar-refractivity contribution in [3.05, 3.63) is 47.5 Å². The third-order valence-electron chi connectivity index (χ3n) is 4.20. The lowest BCUT2D eigenvalue weighted by molar-refractivity contribution is -0.139. The average molecular weight is 431 g/mol. The van der Waals surface area contributed by atoms with E-state index in [1.807, 2.05) is 50.3 Å². The molecule has 1 aromatic heterocycles. The van der Waals surface area contributed by atoms with Crippen LogP contribution in [0.4, 0.5) is 9.80 Å². The number of amides is 3. The SMILES string of the molecule is CC(C)C[C@H](NC/C=C/c1cccc(-c2cc(C(N)=O)c(NC(N)=O)s2)c1)C(=O)O. The molecule has 1 heterocycles. The normalized spacial score (nSPS) is 12.2. The van der Waals surface area contributed by atoms with Gasteiger partial charge in [0.1, 0.15) is 11.0 Å². The van der Waals surface area contributed by atoms with Crippen LogP contribution in [0.15, 0.2) is 36.4 Å². The van der Waals surface area contributed by atoms with Crippen molar-refractivity contribution in [2.24, 2.45) is 17.4 Å². The van der Waals surface area contributed by atoms with Crippen molar-refractivity contribution in [1.82, 2.24) is 5.32 Å². The first-order valence-electron chi connectivity index (χ1n) is 9.40. The Morgan fingerprint density at radius 1 is 1.20 bits per heavy atom. The zero-order valence-electron chi connectivity index (χ0n) is 16.8. The lowest BCUT2D eigenvalue weighted by Crippen LogP contribution is -2.37. The standard InChI is InChI=1S/C21H26N4O4S/c1-12(2)9-16(20(27)28)24-8-4-6-13-5-3-7-14(10-13)17-11-15(18(22)26)19(30-17)25-21(23)29/h3-7,10-12,16,24H,8-9H2,1-2H3,(H2,22,26)(H,27,28)(H3,23,25,29)/b6-4+/t16-/m0/s1. The lowest BCUT2D eigenvalue weighted by atomic mass is 10.0. The highest BCUT2D eigenvalue weighted by atomic mass is 32.1. The van der Waals surface area contributed by atoms with Crippen LogP contribution in [0.3, 0.4) is 0 Å². The molecule has 0 spiro atoms. The van der Waals surface area contributed by atoms with Crippen molar-refractivity contribution in [2.75, 3.05) is 11.9 Å². The van der Waals surface area contributed by atoms with E-state index >= 15 is 0 Å². The van der Waals surface area contributed by atoms with E-state index in [2.05, 4.69) is 10.6 Å². The lowest BCUT2D eigenvalue weighted by Gasteiger charge is -2.15. The smallest absolute Gasteiger partial charge is 0.320 e. The number of primary amides is 2. The molecule has 160 valence electrons. The fourth-order valence-electron chi connectivity index (χ4n) is 2.86. The number of nitrogens with two attached hydrogens (primary N) is 2. The fourth-order valence-corrected chi connectivity index (χ4v) is 3.93. The number of rotatable bonds is 10. The first-order chi connectivity index (χ1) is 14.2. The number of aliphatic carboxylic acids is 1. The highest BCUT2D eigenvalue weighted by Gasteiger charge is 2.17. The summed E-state index contributed by atoms with van der Waals surface area (Å²) in [5.41, 5.74) is 12.5. The zero-order valence-corrected chi connectivity index (χ0v) is 17.7. The minimum Gasteiger partial charge on any atom is -0.480 e. The maximum atomic E-state index is 11.6. The van der Waals surface area contributed by atoms with Crippen molar-refractivity contribution in [3.63, 3.8) is 0 Å². The summed E-state index contributed by atoms with van der Waals surface area (Å²) in [7, 11) is 0. The van der Waals surface area contributed by atoms with Crippen molar-refractivity contribution in [1.29, 1.82) is 0 Å². The number of carbonyl (C=O) groups excluding carboxylic acids is 2. The Bertz CT molecular complexity index is 952. The van der Waals surface area contributed by atoms with Crippen molar-refractivity contribution < 1.29 is 19.5 Å². The maximum absolute atomic E-state index is 11.6. The predicted molar refractivity (Wildman–Crippen MR) is 119 cm³/mol. The molecular weight excluding hydrogens is 404 g/mol. The largest absolute Gasteiger partial charge is 0.480 e. The van der Waals surface area contributed by atoms with Gasteiger partial charge in [-0.1, -0.05) is 44.2 Å². The van der Waals surface area contributed by atoms with Gasteiger partial charge in [0.2, 0.25) is 0 Å². The fraction of sp³-hybridized carbons (Fsp3) is 0.286. The Hall–Kier alpha value is -3.17. The van der Waals surface area contributed by atoms with Gasteiger partial charge in [0, 0.05) is 11.4 Å². The van der Waals surface area contributed by atoms with Crippen LogP contribution in [-0.4, -0.2) is 35.6 Å². The minimum absolute atomic E-state index is 0.198. The molecule has 0 aliphatic carbocycles. The van der Waals surface area contributed by atoms with E-state index in [1.165, 1.54) is 11.3 Å². The molecule has 30 heavy (non-hydrogen) atoms. The molecule has 1 aromatic carbocycles. The van der Waals surface area contributed by atoms with Gasteiger partial charge in [-0.15, -0.1) is 11.3 Å². The molecule has 7 N–H and O–H groups in total. The van der Waals surface area contributed by atoms with E-state index in [-0.39, 0.29) is 11.5 Å². The van der Waals surface area contributed by atoms with Gasteiger partial charge < -0.3 is 21.9 Å². The highest BCUT2D eigenvalue weighted by Crippen LogP contribution is 2.35. The monoisotopic (exact) mass is 430 g/mol. The Morgan fingerprint density at radius 3 is 2.53 bits per heavy atom. The number of carboxylic acids is 1. The van der Waals surface area contributed by atoms with E-state index < -0.39 is 23.9 Å². The third-order valence-corrected chi connectivity index (χ3v) is 5.30. The minimum atomic E-state index is -0.859. The van der Waals surface area contributed by atoms with Gasteiger partial charge in [0.15, 0.2) is 0 Å². The molecule has 0 unspecified atom stereocenters. The van der Waals surface area contributed by atoms with Gasteiger partial charge >= 0.3 is 12.0 Å². The Labute approximate surface area is 179 Å². The molecular formula is C21H26N4O4S. The third kappa shape index (κ3) is 6.71. The number of carboxylic acid groups (broad SMARTS) is 1. The predicted octanol–water partition coefficient (Wildman–Crippen LogP) is 3.11. The first-order valence-corrected chi connectivity index (χ1v) is 10.2. The number of carbonyl (C=O) groups is 3. The van der Waals surface area contributed by atoms with Gasteiger partial charge in [0.05, 0.1) is 5.56 Å². The van der Waals surface area contributed by atoms with E-state index in [0.29, 0.717) is 18.0 Å². The Morgan fingerprint density at radius 2 is 1.93 bits per heavy atom. The average Bonchev–Trinajstić information content (AvgIpc) is 3.07. The second-order valence-corrected chi connectivity index (χ2v) is 8.22. The summed E-state index contributed by atoms with van der Waals surface area (Å²) in [6.07, 6.45) is 4.30. The number of anilines is 1. The van der Waals surface area contributed by atoms with E-state index in [9.17, 15) is 19.5 Å². The molecule has 0 saturated carbocycles. The van der Waals surface area contributed by atoms with Crippen LogP contribution in [0.2, 0.25) is 0 Å². The summed E-state index contributed by atoms with van der Waals surface area (Å²) in [4.78, 5) is 34.8. The van der Waals surface area contributed by atoms with E-state index in [1.54, 1.807) is 6.07 Å². The van der Waals surface area contributed by atoms with Crippen LogP contribution in [0, 0.1) is 5.92 Å². The van der Waals surface area contributed by atoms with Crippen LogP contribution in [0.1, 0.15) is 36.2 Å². The topological polar surface area (TPSA) is 148 Å².